The van der Waals surface area contributed by atoms with Crippen molar-refractivity contribution in [1.82, 2.24) is 15.0 Å². The van der Waals surface area contributed by atoms with Crippen LogP contribution >= 0.6 is 46.1 Å². The fourth-order valence-corrected chi connectivity index (χ4v) is 3.25. The van der Waals surface area contributed by atoms with Crippen LogP contribution in [0.5, 0.6) is 0 Å². The lowest BCUT2D eigenvalue weighted by Gasteiger charge is -2.06. The lowest BCUT2D eigenvalue weighted by atomic mass is 10.1. The van der Waals surface area contributed by atoms with Gasteiger partial charge in [0, 0.05) is 17.6 Å². The van der Waals surface area contributed by atoms with Crippen molar-refractivity contribution in [2.24, 2.45) is 0 Å². The van der Waals surface area contributed by atoms with Crippen molar-refractivity contribution in [2.75, 3.05) is 0 Å². The SMILES string of the molecule is Cc1nc2cnc(Cl)cc2s1.O=C(Cc1cnc(Cl)cc1Cl)C(F)(F)F. The normalized spacial score (nSPS) is 11.2. The third-order valence-electron chi connectivity index (χ3n) is 2.91. The van der Waals surface area contributed by atoms with Crippen molar-refractivity contribution in [3.8, 4) is 0 Å². The van der Waals surface area contributed by atoms with E-state index >= 15 is 0 Å². The second-order valence-corrected chi connectivity index (χ2v) is 7.32. The Balaban J connectivity index is 0.000000195. The summed E-state index contributed by atoms with van der Waals surface area (Å²) < 4.78 is 36.8. The van der Waals surface area contributed by atoms with Gasteiger partial charge in [-0.05, 0) is 24.6 Å². The van der Waals surface area contributed by atoms with E-state index in [4.69, 9.17) is 34.8 Å². The number of aromatic nitrogens is 3. The summed E-state index contributed by atoms with van der Waals surface area (Å²) in [6.07, 6.45) is -2.94. The monoisotopic (exact) mass is 441 g/mol. The topological polar surface area (TPSA) is 55.7 Å². The molecule has 11 heteroatoms. The van der Waals surface area contributed by atoms with Crippen LogP contribution < -0.4 is 0 Å². The maximum absolute atomic E-state index is 11.9. The number of hydrogen-bond donors (Lipinski definition) is 0. The molecule has 0 aliphatic heterocycles. The third-order valence-corrected chi connectivity index (χ3v) is 4.61. The molecule has 0 spiro atoms. The fraction of sp³-hybridized carbons (Fsp3) is 0.200. The fourth-order valence-electron chi connectivity index (χ4n) is 1.76. The molecule has 0 unspecified atom stereocenters. The molecular formula is C15H9Cl3F3N3OS. The predicted molar refractivity (Wildman–Crippen MR) is 96.2 cm³/mol. The Hall–Kier alpha value is -1.48. The van der Waals surface area contributed by atoms with Crippen molar-refractivity contribution in [3.63, 3.8) is 0 Å². The Morgan fingerprint density at radius 1 is 1.12 bits per heavy atom. The van der Waals surface area contributed by atoms with E-state index in [1.165, 1.54) is 6.07 Å². The average Bonchev–Trinajstić information content (AvgIpc) is 2.89. The number of fused-ring (bicyclic) bond motifs is 1. The number of thiazole rings is 1. The molecule has 0 fully saturated rings. The van der Waals surface area contributed by atoms with Gasteiger partial charge in [-0.15, -0.1) is 11.3 Å². The lowest BCUT2D eigenvalue weighted by molar-refractivity contribution is -0.170. The van der Waals surface area contributed by atoms with E-state index in [0.717, 1.165) is 21.4 Å². The number of carbonyl (C=O) groups excluding carboxylic acids is 1. The minimum Gasteiger partial charge on any atom is -0.289 e. The molecule has 0 saturated carbocycles. The second-order valence-electron chi connectivity index (χ2n) is 4.90. The van der Waals surface area contributed by atoms with Crippen molar-refractivity contribution in [3.05, 3.63) is 50.4 Å². The summed E-state index contributed by atoms with van der Waals surface area (Å²) in [6.45, 7) is 1.97. The number of pyridine rings is 2. The Labute approximate surface area is 165 Å². The number of aryl methyl sites for hydroxylation is 1. The summed E-state index contributed by atoms with van der Waals surface area (Å²) in [5, 5.41) is 1.63. The van der Waals surface area contributed by atoms with Gasteiger partial charge in [0.15, 0.2) is 0 Å². The molecule has 0 radical (unpaired) electrons. The smallest absolute Gasteiger partial charge is 0.289 e. The van der Waals surface area contributed by atoms with Gasteiger partial charge in [0.25, 0.3) is 0 Å². The van der Waals surface area contributed by atoms with Crippen molar-refractivity contribution in [1.29, 1.82) is 0 Å². The van der Waals surface area contributed by atoms with Gasteiger partial charge >= 0.3 is 6.18 Å². The first kappa shape index (κ1) is 20.8. The number of halogens is 6. The van der Waals surface area contributed by atoms with Crippen LogP contribution in [0.15, 0.2) is 24.5 Å². The Morgan fingerprint density at radius 2 is 1.73 bits per heavy atom. The van der Waals surface area contributed by atoms with Crippen molar-refractivity contribution in [2.45, 2.75) is 19.5 Å². The molecule has 26 heavy (non-hydrogen) atoms. The van der Waals surface area contributed by atoms with Gasteiger partial charge in [-0.1, -0.05) is 34.8 Å². The second kappa shape index (κ2) is 8.47. The molecule has 0 saturated heterocycles. The number of carbonyl (C=O) groups is 1. The van der Waals surface area contributed by atoms with Crippen molar-refractivity contribution < 1.29 is 18.0 Å². The largest absolute Gasteiger partial charge is 0.450 e. The van der Waals surface area contributed by atoms with Crippen LogP contribution in [0.2, 0.25) is 15.3 Å². The highest BCUT2D eigenvalue weighted by molar-refractivity contribution is 7.18. The first-order valence-electron chi connectivity index (χ1n) is 6.85. The van der Waals surface area contributed by atoms with Crippen LogP contribution in [0.3, 0.4) is 0 Å². The Bertz CT molecular complexity index is 947. The number of rotatable bonds is 2. The highest BCUT2D eigenvalue weighted by Crippen LogP contribution is 2.24. The van der Waals surface area contributed by atoms with Crippen LogP contribution in [-0.2, 0) is 11.2 Å². The Kier molecular flexibility index (Phi) is 6.79. The zero-order valence-corrected chi connectivity index (χ0v) is 16.0. The van der Waals surface area contributed by atoms with Crippen molar-refractivity contribution >= 4 is 62.1 Å². The van der Waals surface area contributed by atoms with E-state index < -0.39 is 18.4 Å². The maximum atomic E-state index is 11.9. The molecule has 0 aliphatic rings. The van der Waals surface area contributed by atoms with E-state index in [-0.39, 0.29) is 15.7 Å². The van der Waals surface area contributed by atoms with Gasteiger partial charge in [0.1, 0.15) is 10.3 Å². The van der Waals surface area contributed by atoms with E-state index in [0.29, 0.717) is 5.15 Å². The van der Waals surface area contributed by atoms with Gasteiger partial charge in [-0.25, -0.2) is 15.0 Å². The van der Waals surface area contributed by atoms with Crippen LogP contribution in [0.4, 0.5) is 13.2 Å². The third kappa shape index (κ3) is 5.77. The van der Waals surface area contributed by atoms with E-state index in [9.17, 15) is 18.0 Å². The molecule has 0 amide bonds. The first-order valence-corrected chi connectivity index (χ1v) is 8.80. The molecule has 138 valence electrons. The molecule has 0 N–H and O–H groups in total. The molecule has 0 atom stereocenters. The van der Waals surface area contributed by atoms with Crippen LogP contribution in [0.25, 0.3) is 10.2 Å². The van der Waals surface area contributed by atoms with Gasteiger partial charge in [-0.2, -0.15) is 13.2 Å². The maximum Gasteiger partial charge on any atom is 0.450 e. The van der Waals surface area contributed by atoms with Gasteiger partial charge in [-0.3, -0.25) is 4.79 Å². The summed E-state index contributed by atoms with van der Waals surface area (Å²) in [5.74, 6) is -1.87. The standard InChI is InChI=1S/C8H4Cl2F3NO.C7H5ClN2S/c9-5-2-7(10)14-3-4(5)1-6(15)8(11,12)13;1-4-10-5-3-9-7(8)2-6(5)11-4/h2-3H,1H2;2-3H,1H3. The highest BCUT2D eigenvalue weighted by atomic mass is 35.5. The van der Waals surface area contributed by atoms with Gasteiger partial charge in [0.2, 0.25) is 5.78 Å². The minimum absolute atomic E-state index is 0.00314. The molecule has 3 aromatic heterocycles. The number of nitrogens with zero attached hydrogens (tertiary/aromatic N) is 3. The lowest BCUT2D eigenvalue weighted by Crippen LogP contribution is -2.24. The van der Waals surface area contributed by atoms with Crippen LogP contribution in [-0.4, -0.2) is 26.9 Å². The van der Waals surface area contributed by atoms with Crippen LogP contribution in [0, 0.1) is 6.92 Å². The highest BCUT2D eigenvalue weighted by Gasteiger charge is 2.38. The summed E-state index contributed by atoms with van der Waals surface area (Å²) in [6, 6.07) is 3.02. The summed E-state index contributed by atoms with van der Waals surface area (Å²) in [7, 11) is 0. The van der Waals surface area contributed by atoms with Crippen LogP contribution in [0.1, 0.15) is 10.6 Å². The van der Waals surface area contributed by atoms with Gasteiger partial charge < -0.3 is 0 Å². The molecule has 4 nitrogen and oxygen atoms in total. The Morgan fingerprint density at radius 3 is 2.35 bits per heavy atom. The van der Waals surface area contributed by atoms with Gasteiger partial charge in [0.05, 0.1) is 21.4 Å². The summed E-state index contributed by atoms with van der Waals surface area (Å²) in [4.78, 5) is 22.3. The zero-order chi connectivity index (χ0) is 19.5. The number of hydrogen-bond acceptors (Lipinski definition) is 5. The molecule has 0 aliphatic carbocycles. The zero-order valence-electron chi connectivity index (χ0n) is 12.9. The van der Waals surface area contributed by atoms with E-state index in [1.54, 1.807) is 17.5 Å². The number of ketones is 1. The molecule has 3 heterocycles. The molecule has 3 aromatic rings. The molecule has 3 rings (SSSR count). The molecule has 0 bridgehead atoms. The average molecular weight is 443 g/mol. The summed E-state index contributed by atoms with van der Waals surface area (Å²) >= 11 is 18.3. The van der Waals surface area contributed by atoms with E-state index in [1.807, 2.05) is 13.0 Å². The molecular weight excluding hydrogens is 434 g/mol. The minimum atomic E-state index is -4.86. The summed E-state index contributed by atoms with van der Waals surface area (Å²) in [5.41, 5.74) is 0.931. The van der Waals surface area contributed by atoms with E-state index in [2.05, 4.69) is 15.0 Å². The quantitative estimate of drug-likeness (QED) is 0.477. The number of Topliss-reactive ketones (excluding diaryl/α,β-unsaturated/α-hetero) is 1. The first-order chi connectivity index (χ1) is 12.1. The number of alkyl halides is 3. The predicted octanol–water partition coefficient (Wildman–Crippen LogP) is 5.72. The molecule has 0 aromatic carbocycles.